The van der Waals surface area contributed by atoms with E-state index in [1.165, 1.54) is 7.11 Å². The van der Waals surface area contributed by atoms with Crippen molar-refractivity contribution in [3.05, 3.63) is 82.2 Å². The van der Waals surface area contributed by atoms with Crippen LogP contribution in [0.4, 0.5) is 0 Å². The molecule has 1 heterocycles. The number of hydrogen-bond acceptors (Lipinski definition) is 8. The van der Waals surface area contributed by atoms with Crippen LogP contribution in [0.2, 0.25) is 0 Å². The van der Waals surface area contributed by atoms with Crippen LogP contribution in [0.1, 0.15) is 20.7 Å². The lowest BCUT2D eigenvalue weighted by Gasteiger charge is -2.43. The fourth-order valence-corrected chi connectivity index (χ4v) is 3.71. The van der Waals surface area contributed by atoms with E-state index < -0.39 is 42.6 Å². The Morgan fingerprint density at radius 2 is 1.50 bits per heavy atom. The molecule has 0 amide bonds. The predicted molar refractivity (Wildman–Crippen MR) is 115 cm³/mol. The van der Waals surface area contributed by atoms with Gasteiger partial charge in [0.2, 0.25) is 0 Å². The number of methoxy groups -OCH3 is 1. The van der Waals surface area contributed by atoms with Crippen LogP contribution in [0.3, 0.4) is 0 Å². The van der Waals surface area contributed by atoms with E-state index in [0.29, 0.717) is 5.56 Å². The minimum absolute atomic E-state index is 0.229. The third-order valence-corrected chi connectivity index (χ3v) is 5.32. The molecule has 2 aromatic rings. The minimum Gasteiger partial charge on any atom is -0.452 e. The van der Waals surface area contributed by atoms with Gasteiger partial charge in [-0.25, -0.2) is 9.59 Å². The van der Waals surface area contributed by atoms with Gasteiger partial charge in [-0.1, -0.05) is 52.3 Å². The molecular formula is C21H20BrN3O7. The third kappa shape index (κ3) is 5.57. The smallest absolute Gasteiger partial charge is 0.338 e. The van der Waals surface area contributed by atoms with Crippen molar-refractivity contribution in [2.45, 2.75) is 30.7 Å². The summed E-state index contributed by atoms with van der Waals surface area (Å²) in [5.74, 6) is -1.33. The monoisotopic (exact) mass is 505 g/mol. The van der Waals surface area contributed by atoms with Crippen LogP contribution in [0, 0.1) is 0 Å². The lowest BCUT2D eigenvalue weighted by molar-refractivity contribution is -0.294. The van der Waals surface area contributed by atoms with Gasteiger partial charge in [-0.05, 0) is 29.8 Å². The van der Waals surface area contributed by atoms with E-state index in [9.17, 15) is 9.59 Å². The molecule has 0 aliphatic carbocycles. The molecule has 11 heteroatoms. The van der Waals surface area contributed by atoms with Crippen LogP contribution < -0.4 is 0 Å². The van der Waals surface area contributed by atoms with E-state index >= 15 is 0 Å². The first-order chi connectivity index (χ1) is 15.6. The Labute approximate surface area is 192 Å². The van der Waals surface area contributed by atoms with Gasteiger partial charge in [0, 0.05) is 17.4 Å². The summed E-state index contributed by atoms with van der Waals surface area (Å²) in [7, 11) is 1.36. The maximum Gasteiger partial charge on any atom is 0.338 e. The summed E-state index contributed by atoms with van der Waals surface area (Å²) < 4.78 is 22.5. The number of nitrogens with zero attached hydrogens (tertiary/aromatic N) is 3. The van der Waals surface area contributed by atoms with E-state index in [-0.39, 0.29) is 10.9 Å². The maximum absolute atomic E-state index is 12.8. The number of benzene rings is 2. The molecule has 5 atom stereocenters. The Kier molecular flexibility index (Phi) is 8.46. The topological polar surface area (TPSA) is 129 Å². The minimum atomic E-state index is -1.21. The van der Waals surface area contributed by atoms with Gasteiger partial charge in [0.1, 0.15) is 11.4 Å². The number of hydrogen-bond donors (Lipinski definition) is 0. The summed E-state index contributed by atoms with van der Waals surface area (Å²) >= 11 is 3.33. The summed E-state index contributed by atoms with van der Waals surface area (Å²) in [5.41, 5.74) is 9.29. The summed E-state index contributed by atoms with van der Waals surface area (Å²) in [4.78, 5) is 33.3. The molecule has 0 aromatic heterocycles. The second-order valence-electron chi connectivity index (χ2n) is 6.65. The average molecular weight is 506 g/mol. The molecule has 168 valence electrons. The fourth-order valence-electron chi connectivity index (χ4n) is 3.19. The van der Waals surface area contributed by atoms with E-state index in [2.05, 4.69) is 26.1 Å². The first-order valence-electron chi connectivity index (χ1n) is 9.55. The summed E-state index contributed by atoms with van der Waals surface area (Å²) in [6.45, 7) is 0. The summed E-state index contributed by atoms with van der Waals surface area (Å²) in [6, 6.07) is 16.6. The van der Waals surface area contributed by atoms with Crippen LogP contribution >= 0.6 is 15.9 Å². The van der Waals surface area contributed by atoms with Crippen molar-refractivity contribution < 1.29 is 33.4 Å². The van der Waals surface area contributed by atoms with Crippen LogP contribution in [0.25, 0.3) is 10.4 Å². The molecular weight excluding hydrogens is 486 g/mol. The number of carbonyl (C=O) groups excluding carboxylic acids is 2. The molecule has 1 saturated heterocycles. The molecule has 0 radical (unpaired) electrons. The molecule has 1 aliphatic heterocycles. The quantitative estimate of drug-likeness (QED) is 0.133. The highest BCUT2D eigenvalue weighted by atomic mass is 79.9. The highest BCUT2D eigenvalue weighted by molar-refractivity contribution is 9.09. The van der Waals surface area contributed by atoms with Gasteiger partial charge in [-0.15, -0.1) is 0 Å². The van der Waals surface area contributed by atoms with Crippen molar-refractivity contribution in [2.75, 3.05) is 12.4 Å². The highest BCUT2D eigenvalue weighted by Gasteiger charge is 2.52. The molecule has 0 unspecified atom stereocenters. The van der Waals surface area contributed by atoms with Crippen molar-refractivity contribution in [3.63, 3.8) is 0 Å². The maximum atomic E-state index is 12.8. The zero-order valence-corrected chi connectivity index (χ0v) is 18.5. The summed E-state index contributed by atoms with van der Waals surface area (Å²) in [5, 5.41) is 3.35. The normalized spacial score (nSPS) is 24.6. The number of alkyl halides is 1. The van der Waals surface area contributed by atoms with Crippen LogP contribution in [0.5, 0.6) is 0 Å². The van der Waals surface area contributed by atoms with Crippen molar-refractivity contribution in [1.29, 1.82) is 0 Å². The predicted octanol–water partition coefficient (Wildman–Crippen LogP) is 3.81. The zero-order chi connectivity index (χ0) is 22.9. The fraction of sp³-hybridized carbons (Fsp3) is 0.333. The molecule has 0 bridgehead atoms. The molecule has 0 saturated carbocycles. The third-order valence-electron chi connectivity index (χ3n) is 4.69. The molecule has 0 spiro atoms. The molecule has 32 heavy (non-hydrogen) atoms. The average Bonchev–Trinajstić information content (AvgIpc) is 2.84. The highest BCUT2D eigenvalue weighted by Crippen LogP contribution is 2.31. The second-order valence-corrected chi connectivity index (χ2v) is 7.29. The van der Waals surface area contributed by atoms with E-state index in [1.807, 2.05) is 0 Å². The van der Waals surface area contributed by atoms with Gasteiger partial charge in [0.25, 0.3) is 0 Å². The summed E-state index contributed by atoms with van der Waals surface area (Å²) in [6.07, 6.45) is -5.33. The zero-order valence-electron chi connectivity index (χ0n) is 16.9. The standard InChI is InChI=1S/C21H20BrN3O7/c1-28-21-18(32-25-24-23)17(31-20(27)14-10-6-3-7-11-14)16(15(12-22)29-21)30-19(26)13-8-4-2-5-9-13/h2-11,15-18,21H,12H2,1H3/t15-,16-,17-,18+,21+/m1/s1. The molecule has 1 fully saturated rings. The first-order valence-corrected chi connectivity index (χ1v) is 10.7. The molecule has 0 N–H and O–H groups in total. The lowest BCUT2D eigenvalue weighted by Crippen LogP contribution is -2.61. The Hall–Kier alpha value is -3.11. The largest absolute Gasteiger partial charge is 0.452 e. The van der Waals surface area contributed by atoms with Gasteiger partial charge in [-0.3, -0.25) is 0 Å². The second kappa shape index (κ2) is 11.5. The van der Waals surface area contributed by atoms with Gasteiger partial charge in [0.15, 0.2) is 24.6 Å². The number of rotatable bonds is 8. The number of halogens is 1. The van der Waals surface area contributed by atoms with Crippen molar-refractivity contribution in [3.8, 4) is 0 Å². The van der Waals surface area contributed by atoms with Gasteiger partial charge in [-0.2, -0.15) is 0 Å². The molecule has 3 rings (SSSR count). The molecule has 1 aliphatic rings. The SMILES string of the molecule is CO[C@H]1O[C@H](CBr)[C@@H](OC(=O)c2ccccc2)[C@@H](OC(=O)c2ccccc2)[C@@H]1ON=[N+]=[N-]. The Balaban J connectivity index is 1.94. The van der Waals surface area contributed by atoms with Crippen LogP contribution in [-0.2, 0) is 23.8 Å². The Bertz CT molecular complexity index is 956. The lowest BCUT2D eigenvalue weighted by atomic mass is 9.98. The van der Waals surface area contributed by atoms with Crippen molar-refractivity contribution in [2.24, 2.45) is 5.28 Å². The number of esters is 2. The van der Waals surface area contributed by atoms with Gasteiger partial charge >= 0.3 is 11.9 Å². The first kappa shape index (κ1) is 23.6. The van der Waals surface area contributed by atoms with Crippen molar-refractivity contribution >= 4 is 27.9 Å². The van der Waals surface area contributed by atoms with Crippen LogP contribution in [-0.4, -0.2) is 55.1 Å². The van der Waals surface area contributed by atoms with E-state index in [1.54, 1.807) is 60.7 Å². The van der Waals surface area contributed by atoms with Gasteiger partial charge < -0.3 is 23.8 Å². The van der Waals surface area contributed by atoms with Crippen LogP contribution in [0.15, 0.2) is 65.9 Å². The number of ether oxygens (including phenoxy) is 4. The van der Waals surface area contributed by atoms with E-state index in [4.69, 9.17) is 29.3 Å². The van der Waals surface area contributed by atoms with Gasteiger partial charge in [0.05, 0.1) is 11.1 Å². The van der Waals surface area contributed by atoms with Crippen molar-refractivity contribution in [1.82, 2.24) is 0 Å². The number of azide groups is 1. The Morgan fingerprint density at radius 3 is 1.97 bits per heavy atom. The van der Waals surface area contributed by atoms with E-state index in [0.717, 1.165) is 0 Å². The molecule has 2 aromatic carbocycles. The number of carbonyl (C=O) groups is 2. The Morgan fingerprint density at radius 1 is 0.969 bits per heavy atom. The molecule has 10 nitrogen and oxygen atoms in total.